The maximum atomic E-state index is 9.71. The van der Waals surface area contributed by atoms with Gasteiger partial charge in [-0.2, -0.15) is 0 Å². The van der Waals surface area contributed by atoms with Gasteiger partial charge in [-0.15, -0.1) is 0 Å². The Morgan fingerprint density at radius 3 is 2.54 bits per heavy atom. The highest BCUT2D eigenvalue weighted by Crippen LogP contribution is 2.42. The van der Waals surface area contributed by atoms with E-state index in [0.29, 0.717) is 5.75 Å². The summed E-state index contributed by atoms with van der Waals surface area (Å²) in [6, 6.07) is 5.73. The highest BCUT2D eigenvalue weighted by atomic mass is 16.3. The average Bonchev–Trinajstić information content (AvgIpc) is 2.00. The first-order valence-corrected chi connectivity index (χ1v) is 4.71. The molecule has 1 aliphatic carbocycles. The molecule has 13 heavy (non-hydrogen) atoms. The van der Waals surface area contributed by atoms with Crippen LogP contribution in [0.1, 0.15) is 30.4 Å². The lowest BCUT2D eigenvalue weighted by Crippen LogP contribution is -2.43. The van der Waals surface area contributed by atoms with Gasteiger partial charge in [0.15, 0.2) is 0 Å². The molecule has 1 aromatic rings. The van der Waals surface area contributed by atoms with Crippen LogP contribution < -0.4 is 5.73 Å². The van der Waals surface area contributed by atoms with Gasteiger partial charge in [-0.1, -0.05) is 12.1 Å². The van der Waals surface area contributed by atoms with Gasteiger partial charge in [-0.05, 0) is 37.8 Å². The second-order valence-corrected chi connectivity index (χ2v) is 4.03. The van der Waals surface area contributed by atoms with Gasteiger partial charge < -0.3 is 10.8 Å². The number of rotatable bonds is 1. The Morgan fingerprint density at radius 2 is 2.08 bits per heavy atom. The van der Waals surface area contributed by atoms with E-state index in [1.165, 1.54) is 6.42 Å². The smallest absolute Gasteiger partial charge is 0.120 e. The van der Waals surface area contributed by atoms with Gasteiger partial charge in [0.1, 0.15) is 5.75 Å². The van der Waals surface area contributed by atoms with Crippen LogP contribution in [-0.2, 0) is 5.54 Å². The maximum absolute atomic E-state index is 9.71. The molecule has 0 aliphatic heterocycles. The summed E-state index contributed by atoms with van der Waals surface area (Å²) in [4.78, 5) is 0. The van der Waals surface area contributed by atoms with Crippen molar-refractivity contribution in [3.63, 3.8) is 0 Å². The van der Waals surface area contributed by atoms with Gasteiger partial charge in [0.05, 0.1) is 0 Å². The molecule has 1 aliphatic rings. The van der Waals surface area contributed by atoms with Crippen LogP contribution in [0.2, 0.25) is 0 Å². The van der Waals surface area contributed by atoms with Crippen LogP contribution in [0.3, 0.4) is 0 Å². The van der Waals surface area contributed by atoms with Crippen molar-refractivity contribution in [3.8, 4) is 5.75 Å². The molecule has 0 saturated heterocycles. The predicted molar refractivity (Wildman–Crippen MR) is 52.6 cm³/mol. The summed E-state index contributed by atoms with van der Waals surface area (Å²) in [5, 5.41) is 9.71. The van der Waals surface area contributed by atoms with Crippen molar-refractivity contribution >= 4 is 0 Å². The van der Waals surface area contributed by atoms with Gasteiger partial charge >= 0.3 is 0 Å². The quantitative estimate of drug-likeness (QED) is 0.689. The molecule has 0 spiro atoms. The fraction of sp³-hybridized carbons (Fsp3) is 0.455. The number of hydrogen-bond acceptors (Lipinski definition) is 2. The monoisotopic (exact) mass is 177 g/mol. The van der Waals surface area contributed by atoms with E-state index in [1.807, 2.05) is 19.1 Å². The van der Waals surface area contributed by atoms with Crippen molar-refractivity contribution in [2.45, 2.75) is 31.7 Å². The highest BCUT2D eigenvalue weighted by molar-refractivity contribution is 5.41. The molecule has 1 aromatic carbocycles. The first-order chi connectivity index (χ1) is 6.12. The number of aryl methyl sites for hydroxylation is 1. The van der Waals surface area contributed by atoms with Gasteiger partial charge in [0.25, 0.3) is 0 Å². The molecule has 70 valence electrons. The van der Waals surface area contributed by atoms with Crippen molar-refractivity contribution in [2.75, 3.05) is 0 Å². The first-order valence-electron chi connectivity index (χ1n) is 4.71. The Hall–Kier alpha value is -1.02. The Labute approximate surface area is 78.4 Å². The van der Waals surface area contributed by atoms with Crippen LogP contribution in [0, 0.1) is 6.92 Å². The molecule has 2 heteroatoms. The minimum atomic E-state index is -0.252. The summed E-state index contributed by atoms with van der Waals surface area (Å²) in [6.45, 7) is 1.97. The average molecular weight is 177 g/mol. The normalized spacial score (nSPS) is 19.5. The maximum Gasteiger partial charge on any atom is 0.120 e. The molecule has 2 nitrogen and oxygen atoms in total. The van der Waals surface area contributed by atoms with Gasteiger partial charge in [0.2, 0.25) is 0 Å². The number of phenols is 1. The molecule has 0 atom stereocenters. The fourth-order valence-electron chi connectivity index (χ4n) is 1.89. The molecule has 0 heterocycles. The molecular formula is C11H15NO. The Bertz CT molecular complexity index is 329. The third kappa shape index (κ3) is 1.31. The van der Waals surface area contributed by atoms with E-state index in [-0.39, 0.29) is 5.54 Å². The zero-order valence-electron chi connectivity index (χ0n) is 7.88. The van der Waals surface area contributed by atoms with Crippen LogP contribution in [0.25, 0.3) is 0 Å². The SMILES string of the molecule is Cc1ccc(C2(N)CCC2)c(O)c1. The molecule has 3 N–H and O–H groups in total. The number of phenolic OH excluding ortho intramolecular Hbond substituents is 1. The van der Waals surface area contributed by atoms with Crippen molar-refractivity contribution in [1.29, 1.82) is 0 Å². The Morgan fingerprint density at radius 1 is 1.38 bits per heavy atom. The molecule has 1 saturated carbocycles. The minimum Gasteiger partial charge on any atom is -0.508 e. The molecule has 0 aromatic heterocycles. The largest absolute Gasteiger partial charge is 0.508 e. The van der Waals surface area contributed by atoms with E-state index in [4.69, 9.17) is 5.73 Å². The topological polar surface area (TPSA) is 46.2 Å². The third-order valence-electron chi connectivity index (χ3n) is 2.94. The summed E-state index contributed by atoms with van der Waals surface area (Å²) in [5.41, 5.74) is 7.84. The van der Waals surface area contributed by atoms with Gasteiger partial charge in [-0.25, -0.2) is 0 Å². The van der Waals surface area contributed by atoms with Crippen LogP contribution in [0.15, 0.2) is 18.2 Å². The van der Waals surface area contributed by atoms with Crippen LogP contribution >= 0.6 is 0 Å². The summed E-state index contributed by atoms with van der Waals surface area (Å²) < 4.78 is 0. The molecule has 0 bridgehead atoms. The first kappa shape index (κ1) is 8.57. The lowest BCUT2D eigenvalue weighted by atomic mass is 9.72. The summed E-state index contributed by atoms with van der Waals surface area (Å²) in [5.74, 6) is 0.349. The third-order valence-corrected chi connectivity index (χ3v) is 2.94. The second-order valence-electron chi connectivity index (χ2n) is 4.03. The Kier molecular flexibility index (Phi) is 1.81. The lowest BCUT2D eigenvalue weighted by molar-refractivity contribution is 0.245. The van der Waals surface area contributed by atoms with E-state index in [1.54, 1.807) is 6.07 Å². The van der Waals surface area contributed by atoms with E-state index >= 15 is 0 Å². The zero-order valence-corrected chi connectivity index (χ0v) is 7.88. The predicted octanol–water partition coefficient (Wildman–Crippen LogP) is 2.04. The molecule has 0 radical (unpaired) electrons. The van der Waals surface area contributed by atoms with E-state index in [9.17, 15) is 5.11 Å². The summed E-state index contributed by atoms with van der Waals surface area (Å²) in [6.07, 6.45) is 3.15. The fourth-order valence-corrected chi connectivity index (χ4v) is 1.89. The lowest BCUT2D eigenvalue weighted by Gasteiger charge is -2.38. The number of hydrogen-bond donors (Lipinski definition) is 2. The van der Waals surface area contributed by atoms with Crippen molar-refractivity contribution in [2.24, 2.45) is 5.73 Å². The standard InChI is InChI=1S/C11H15NO/c1-8-3-4-9(10(13)7-8)11(12)5-2-6-11/h3-4,7,13H,2,5-6,12H2,1H3. The molecule has 0 unspecified atom stereocenters. The minimum absolute atomic E-state index is 0.252. The zero-order chi connectivity index (χ0) is 9.47. The molecule has 0 amide bonds. The number of nitrogens with two attached hydrogens (primary N) is 1. The molecule has 1 fully saturated rings. The Balaban J connectivity index is 2.40. The van der Waals surface area contributed by atoms with Crippen LogP contribution in [0.5, 0.6) is 5.75 Å². The van der Waals surface area contributed by atoms with Gasteiger partial charge in [0, 0.05) is 11.1 Å². The van der Waals surface area contributed by atoms with Crippen LogP contribution in [0.4, 0.5) is 0 Å². The van der Waals surface area contributed by atoms with Crippen LogP contribution in [-0.4, -0.2) is 5.11 Å². The number of aromatic hydroxyl groups is 1. The summed E-state index contributed by atoms with van der Waals surface area (Å²) >= 11 is 0. The van der Waals surface area contributed by atoms with Crippen molar-refractivity contribution in [1.82, 2.24) is 0 Å². The van der Waals surface area contributed by atoms with E-state index in [0.717, 1.165) is 24.0 Å². The summed E-state index contributed by atoms with van der Waals surface area (Å²) in [7, 11) is 0. The number of benzene rings is 1. The molecule has 2 rings (SSSR count). The van der Waals surface area contributed by atoms with E-state index in [2.05, 4.69) is 0 Å². The van der Waals surface area contributed by atoms with E-state index < -0.39 is 0 Å². The highest BCUT2D eigenvalue weighted by Gasteiger charge is 2.36. The van der Waals surface area contributed by atoms with Crippen molar-refractivity contribution < 1.29 is 5.11 Å². The van der Waals surface area contributed by atoms with Gasteiger partial charge in [-0.3, -0.25) is 0 Å². The second kappa shape index (κ2) is 2.74. The molecular weight excluding hydrogens is 162 g/mol. The van der Waals surface area contributed by atoms with Crippen molar-refractivity contribution in [3.05, 3.63) is 29.3 Å².